The Hall–Kier alpha value is 0.230. The van der Waals surface area contributed by atoms with E-state index in [1.54, 1.807) is 0 Å². The van der Waals surface area contributed by atoms with Gasteiger partial charge in [-0.25, -0.2) is 0 Å². The van der Waals surface area contributed by atoms with E-state index < -0.39 is 6.10 Å². The van der Waals surface area contributed by atoms with Gasteiger partial charge in [-0.15, -0.1) is 0 Å². The van der Waals surface area contributed by atoms with Crippen molar-refractivity contribution in [1.29, 1.82) is 0 Å². The van der Waals surface area contributed by atoms with E-state index in [0.29, 0.717) is 23.0 Å². The van der Waals surface area contributed by atoms with Crippen LogP contribution in [0.3, 0.4) is 0 Å². The number of thioether (sulfide) groups is 1. The summed E-state index contributed by atoms with van der Waals surface area (Å²) in [5.74, 6) is 1.33. The number of hydrogen-bond acceptors (Lipinski definition) is 4. The molecule has 1 saturated carbocycles. The third-order valence-corrected chi connectivity index (χ3v) is 5.02. The largest absolute Gasteiger partial charge is 0.394 e. The Balaban J connectivity index is 2.24. The summed E-state index contributed by atoms with van der Waals surface area (Å²) < 4.78 is 0. The molecule has 1 aliphatic carbocycles. The molecule has 0 aromatic heterocycles. The molecule has 1 fully saturated rings. The Morgan fingerprint density at radius 2 is 2.19 bits per heavy atom. The van der Waals surface area contributed by atoms with Gasteiger partial charge in [0.25, 0.3) is 0 Å². The minimum absolute atomic E-state index is 0.119. The van der Waals surface area contributed by atoms with Crippen LogP contribution in [-0.2, 0) is 0 Å². The van der Waals surface area contributed by atoms with E-state index in [-0.39, 0.29) is 6.61 Å². The second kappa shape index (κ2) is 7.54. The van der Waals surface area contributed by atoms with Crippen LogP contribution in [0.5, 0.6) is 0 Å². The topological polar surface area (TPSA) is 52.5 Å². The Bertz CT molecular complexity index is 192. The second-order valence-corrected chi connectivity index (χ2v) is 5.98. The molecule has 3 nitrogen and oxygen atoms in total. The van der Waals surface area contributed by atoms with Crippen molar-refractivity contribution < 1.29 is 10.2 Å². The van der Waals surface area contributed by atoms with E-state index in [1.807, 2.05) is 11.8 Å². The van der Waals surface area contributed by atoms with Crippen molar-refractivity contribution >= 4 is 11.8 Å². The quantitative estimate of drug-likeness (QED) is 0.633. The summed E-state index contributed by atoms with van der Waals surface area (Å²) in [4.78, 5) is 0. The van der Waals surface area contributed by atoms with E-state index >= 15 is 0 Å². The summed E-state index contributed by atoms with van der Waals surface area (Å²) in [7, 11) is 0. The van der Waals surface area contributed by atoms with Gasteiger partial charge in [-0.1, -0.05) is 13.8 Å². The first-order chi connectivity index (χ1) is 7.69. The SMILES string of the molecule is CCCNC1CCC(SCC(O)CO)C1C. The number of rotatable bonds is 7. The lowest BCUT2D eigenvalue weighted by molar-refractivity contribution is 0.113. The second-order valence-electron chi connectivity index (χ2n) is 4.71. The molecule has 4 atom stereocenters. The van der Waals surface area contributed by atoms with Gasteiger partial charge in [-0.3, -0.25) is 0 Å². The summed E-state index contributed by atoms with van der Waals surface area (Å²) in [6, 6.07) is 0.642. The van der Waals surface area contributed by atoms with E-state index in [0.717, 1.165) is 6.54 Å². The van der Waals surface area contributed by atoms with E-state index in [1.165, 1.54) is 19.3 Å². The normalized spacial score (nSPS) is 31.9. The molecule has 0 radical (unpaired) electrons. The summed E-state index contributed by atoms with van der Waals surface area (Å²) >= 11 is 1.81. The van der Waals surface area contributed by atoms with Crippen molar-refractivity contribution in [2.75, 3.05) is 18.9 Å². The van der Waals surface area contributed by atoms with Gasteiger partial charge in [-0.05, 0) is 31.7 Å². The van der Waals surface area contributed by atoms with Gasteiger partial charge in [0.15, 0.2) is 0 Å². The Kier molecular flexibility index (Phi) is 6.73. The van der Waals surface area contributed by atoms with Crippen molar-refractivity contribution in [3.63, 3.8) is 0 Å². The molecule has 0 heterocycles. The predicted molar refractivity (Wildman–Crippen MR) is 69.8 cm³/mol. The van der Waals surface area contributed by atoms with Crippen LogP contribution in [0.15, 0.2) is 0 Å². The summed E-state index contributed by atoms with van der Waals surface area (Å²) in [6.07, 6.45) is 3.10. The van der Waals surface area contributed by atoms with Gasteiger partial charge in [0.2, 0.25) is 0 Å². The van der Waals surface area contributed by atoms with Gasteiger partial charge in [0.05, 0.1) is 12.7 Å². The highest BCUT2D eigenvalue weighted by Gasteiger charge is 2.32. The summed E-state index contributed by atoms with van der Waals surface area (Å²) in [5.41, 5.74) is 0. The van der Waals surface area contributed by atoms with Crippen molar-refractivity contribution in [3.8, 4) is 0 Å². The molecule has 0 bridgehead atoms. The molecule has 4 heteroatoms. The molecule has 3 N–H and O–H groups in total. The van der Waals surface area contributed by atoms with Crippen LogP contribution in [0.4, 0.5) is 0 Å². The van der Waals surface area contributed by atoms with Crippen LogP contribution in [0.25, 0.3) is 0 Å². The average Bonchev–Trinajstić information content (AvgIpc) is 2.64. The standard InChI is InChI=1S/C12H25NO2S/c1-3-6-13-11-4-5-12(9(11)2)16-8-10(15)7-14/h9-15H,3-8H2,1-2H3. The number of nitrogens with one attached hydrogen (secondary N) is 1. The molecule has 4 unspecified atom stereocenters. The number of aliphatic hydroxyl groups excluding tert-OH is 2. The highest BCUT2D eigenvalue weighted by Crippen LogP contribution is 2.35. The highest BCUT2D eigenvalue weighted by atomic mass is 32.2. The Morgan fingerprint density at radius 3 is 2.81 bits per heavy atom. The van der Waals surface area contributed by atoms with Crippen molar-refractivity contribution in [2.24, 2.45) is 5.92 Å². The van der Waals surface area contributed by atoms with Crippen LogP contribution in [0.2, 0.25) is 0 Å². The van der Waals surface area contributed by atoms with E-state index in [2.05, 4.69) is 19.2 Å². The third-order valence-electron chi connectivity index (χ3n) is 3.35. The maximum Gasteiger partial charge on any atom is 0.0861 e. The van der Waals surface area contributed by atoms with E-state index in [4.69, 9.17) is 5.11 Å². The minimum Gasteiger partial charge on any atom is -0.394 e. The molecule has 1 rings (SSSR count). The van der Waals surface area contributed by atoms with Crippen molar-refractivity contribution in [3.05, 3.63) is 0 Å². The summed E-state index contributed by atoms with van der Waals surface area (Å²) in [5, 5.41) is 22.3. The minimum atomic E-state index is -0.556. The fourth-order valence-corrected chi connectivity index (χ4v) is 3.64. The van der Waals surface area contributed by atoms with Crippen molar-refractivity contribution in [2.45, 2.75) is 50.5 Å². The molecule has 0 amide bonds. The molecule has 16 heavy (non-hydrogen) atoms. The summed E-state index contributed by atoms with van der Waals surface area (Å²) in [6.45, 7) is 5.47. The van der Waals surface area contributed by atoms with Gasteiger partial charge in [0, 0.05) is 17.0 Å². The van der Waals surface area contributed by atoms with Gasteiger partial charge in [-0.2, -0.15) is 11.8 Å². The maximum absolute atomic E-state index is 9.33. The number of hydrogen-bond donors (Lipinski definition) is 3. The van der Waals surface area contributed by atoms with Gasteiger partial charge in [0.1, 0.15) is 0 Å². The van der Waals surface area contributed by atoms with Gasteiger partial charge < -0.3 is 15.5 Å². The fourth-order valence-electron chi connectivity index (χ4n) is 2.27. The Labute approximate surface area is 103 Å². The van der Waals surface area contributed by atoms with Crippen LogP contribution in [0.1, 0.15) is 33.1 Å². The Morgan fingerprint density at radius 1 is 1.44 bits per heavy atom. The molecule has 96 valence electrons. The average molecular weight is 247 g/mol. The van der Waals surface area contributed by atoms with Crippen LogP contribution in [0, 0.1) is 5.92 Å². The zero-order valence-electron chi connectivity index (χ0n) is 10.4. The van der Waals surface area contributed by atoms with Crippen LogP contribution in [-0.4, -0.2) is 46.5 Å². The van der Waals surface area contributed by atoms with Crippen molar-refractivity contribution in [1.82, 2.24) is 5.32 Å². The molecule has 0 spiro atoms. The zero-order chi connectivity index (χ0) is 12.0. The number of aliphatic hydroxyl groups is 2. The lowest BCUT2D eigenvalue weighted by atomic mass is 10.1. The first-order valence-electron chi connectivity index (χ1n) is 6.33. The highest BCUT2D eigenvalue weighted by molar-refractivity contribution is 7.99. The zero-order valence-corrected chi connectivity index (χ0v) is 11.2. The molecule has 0 saturated heterocycles. The smallest absolute Gasteiger partial charge is 0.0861 e. The third kappa shape index (κ3) is 4.24. The molecular weight excluding hydrogens is 222 g/mol. The fraction of sp³-hybridized carbons (Fsp3) is 1.00. The van der Waals surface area contributed by atoms with Crippen LogP contribution < -0.4 is 5.32 Å². The first-order valence-corrected chi connectivity index (χ1v) is 7.37. The lowest BCUT2D eigenvalue weighted by Crippen LogP contribution is -2.34. The monoisotopic (exact) mass is 247 g/mol. The van der Waals surface area contributed by atoms with E-state index in [9.17, 15) is 5.11 Å². The molecule has 0 aromatic carbocycles. The molecule has 0 aliphatic heterocycles. The maximum atomic E-state index is 9.33. The predicted octanol–water partition coefficient (Wildman–Crippen LogP) is 1.24. The first kappa shape index (κ1) is 14.3. The lowest BCUT2D eigenvalue weighted by Gasteiger charge is -2.22. The van der Waals surface area contributed by atoms with Gasteiger partial charge >= 0.3 is 0 Å². The molecule has 0 aromatic rings. The van der Waals surface area contributed by atoms with Crippen LogP contribution >= 0.6 is 11.8 Å². The molecule has 1 aliphatic rings. The molecular formula is C12H25NO2S.